The summed E-state index contributed by atoms with van der Waals surface area (Å²) in [5.41, 5.74) is 2.31. The lowest BCUT2D eigenvalue weighted by molar-refractivity contribution is -0.384. The molecule has 1 aliphatic rings. The van der Waals surface area contributed by atoms with E-state index >= 15 is 0 Å². The van der Waals surface area contributed by atoms with Crippen molar-refractivity contribution in [1.82, 2.24) is 0 Å². The normalized spacial score (nSPS) is 14.8. The Morgan fingerprint density at radius 2 is 1.68 bits per heavy atom. The van der Waals surface area contributed by atoms with Crippen molar-refractivity contribution < 1.29 is 14.5 Å². The number of anilines is 1. The van der Waals surface area contributed by atoms with Crippen molar-refractivity contribution in [2.45, 2.75) is 6.61 Å². The maximum absolute atomic E-state index is 13.0. The number of thioether (sulfide) groups is 1. The fourth-order valence-corrected chi connectivity index (χ4v) is 4.30. The number of amides is 1. The standard InChI is InChI=1S/C23H16N2O4S2/c26-22-21(31-23(30)24(22)18-7-2-1-3-8-18)14-17-6-4-5-9-20(17)29-15-16-10-12-19(13-11-16)25(27)28/h1-14H,15H2/b21-14-. The van der Waals surface area contributed by atoms with Gasteiger partial charge in [-0.1, -0.05) is 60.4 Å². The second kappa shape index (κ2) is 9.11. The summed E-state index contributed by atoms with van der Waals surface area (Å²) in [5, 5.41) is 10.8. The summed E-state index contributed by atoms with van der Waals surface area (Å²) in [7, 11) is 0. The van der Waals surface area contributed by atoms with E-state index in [1.165, 1.54) is 28.8 Å². The SMILES string of the molecule is O=C1/C(=C/c2ccccc2OCc2ccc([N+](=O)[O-])cc2)SC(=S)N1c1ccccc1. The third kappa shape index (κ3) is 4.65. The molecule has 3 aromatic rings. The summed E-state index contributed by atoms with van der Waals surface area (Å²) in [6.45, 7) is 0.244. The number of rotatable bonds is 6. The zero-order chi connectivity index (χ0) is 21.8. The number of non-ortho nitro benzene ring substituents is 1. The van der Waals surface area contributed by atoms with Gasteiger partial charge in [0.05, 0.1) is 15.5 Å². The topological polar surface area (TPSA) is 72.7 Å². The summed E-state index contributed by atoms with van der Waals surface area (Å²) in [6, 6.07) is 22.9. The van der Waals surface area contributed by atoms with Gasteiger partial charge in [-0.2, -0.15) is 0 Å². The third-order valence-corrected chi connectivity index (χ3v) is 5.86. The summed E-state index contributed by atoms with van der Waals surface area (Å²) in [4.78, 5) is 25.3. The molecule has 0 aliphatic carbocycles. The molecule has 3 aromatic carbocycles. The molecular weight excluding hydrogens is 432 g/mol. The summed E-state index contributed by atoms with van der Waals surface area (Å²) in [5.74, 6) is 0.428. The lowest BCUT2D eigenvalue weighted by Gasteiger charge is -2.14. The zero-order valence-electron chi connectivity index (χ0n) is 16.1. The van der Waals surface area contributed by atoms with Crippen LogP contribution in [0.2, 0.25) is 0 Å². The molecule has 1 amide bonds. The van der Waals surface area contributed by atoms with Crippen LogP contribution in [-0.2, 0) is 11.4 Å². The van der Waals surface area contributed by atoms with Gasteiger partial charge in [0, 0.05) is 17.7 Å². The first-order valence-electron chi connectivity index (χ1n) is 9.31. The fraction of sp³-hybridized carbons (Fsp3) is 0.0435. The van der Waals surface area contributed by atoms with Crippen molar-refractivity contribution in [3.05, 3.63) is 105 Å². The Morgan fingerprint density at radius 1 is 1.00 bits per heavy atom. The largest absolute Gasteiger partial charge is 0.488 e. The van der Waals surface area contributed by atoms with Gasteiger partial charge in [0.1, 0.15) is 12.4 Å². The maximum Gasteiger partial charge on any atom is 0.270 e. The number of hydrogen-bond acceptors (Lipinski definition) is 6. The first-order valence-corrected chi connectivity index (χ1v) is 10.5. The number of benzene rings is 3. The highest BCUT2D eigenvalue weighted by Crippen LogP contribution is 2.37. The second-order valence-corrected chi connectivity index (χ2v) is 8.28. The van der Waals surface area contributed by atoms with Crippen LogP contribution < -0.4 is 9.64 Å². The molecule has 4 rings (SSSR count). The van der Waals surface area contributed by atoms with Crippen LogP contribution >= 0.6 is 24.0 Å². The highest BCUT2D eigenvalue weighted by molar-refractivity contribution is 8.27. The molecule has 0 N–H and O–H groups in total. The van der Waals surface area contributed by atoms with E-state index in [0.717, 1.165) is 16.8 Å². The number of nitrogens with zero attached hydrogens (tertiary/aromatic N) is 2. The smallest absolute Gasteiger partial charge is 0.270 e. The average Bonchev–Trinajstić information content (AvgIpc) is 3.06. The molecule has 1 aliphatic heterocycles. The van der Waals surface area contributed by atoms with E-state index in [1.54, 1.807) is 18.2 Å². The van der Waals surface area contributed by atoms with Gasteiger partial charge < -0.3 is 4.74 Å². The quantitative estimate of drug-likeness (QED) is 0.212. The van der Waals surface area contributed by atoms with Gasteiger partial charge in [0.25, 0.3) is 11.6 Å². The minimum absolute atomic E-state index is 0.0320. The van der Waals surface area contributed by atoms with Crippen molar-refractivity contribution in [3.8, 4) is 5.75 Å². The summed E-state index contributed by atoms with van der Waals surface area (Å²) < 4.78 is 6.40. The molecule has 31 heavy (non-hydrogen) atoms. The van der Waals surface area contributed by atoms with Crippen LogP contribution in [0.1, 0.15) is 11.1 Å². The summed E-state index contributed by atoms with van der Waals surface area (Å²) in [6.07, 6.45) is 1.77. The third-order valence-electron chi connectivity index (χ3n) is 4.56. The lowest BCUT2D eigenvalue weighted by atomic mass is 10.1. The van der Waals surface area contributed by atoms with Crippen LogP contribution in [0.3, 0.4) is 0 Å². The Hall–Kier alpha value is -3.49. The van der Waals surface area contributed by atoms with Gasteiger partial charge >= 0.3 is 0 Å². The minimum atomic E-state index is -0.439. The fourth-order valence-electron chi connectivity index (χ4n) is 3.01. The highest BCUT2D eigenvalue weighted by atomic mass is 32.2. The molecule has 1 saturated heterocycles. The molecule has 1 heterocycles. The number of nitro groups is 1. The number of hydrogen-bond donors (Lipinski definition) is 0. The Labute approximate surface area is 188 Å². The van der Waals surface area contributed by atoms with Crippen molar-refractivity contribution in [3.63, 3.8) is 0 Å². The van der Waals surface area contributed by atoms with Crippen molar-refractivity contribution in [2.75, 3.05) is 4.90 Å². The van der Waals surface area contributed by atoms with Crippen LogP contribution in [-0.4, -0.2) is 15.2 Å². The van der Waals surface area contributed by atoms with E-state index < -0.39 is 4.92 Å². The van der Waals surface area contributed by atoms with Crippen molar-refractivity contribution in [1.29, 1.82) is 0 Å². The zero-order valence-corrected chi connectivity index (χ0v) is 17.8. The molecule has 0 spiro atoms. The molecule has 1 fully saturated rings. The van der Waals surface area contributed by atoms with Crippen LogP contribution in [0.15, 0.2) is 83.8 Å². The Balaban J connectivity index is 1.53. The molecule has 0 bridgehead atoms. The van der Waals surface area contributed by atoms with E-state index in [1.807, 2.05) is 54.6 Å². The highest BCUT2D eigenvalue weighted by Gasteiger charge is 2.33. The van der Waals surface area contributed by atoms with E-state index in [0.29, 0.717) is 15.0 Å². The first-order chi connectivity index (χ1) is 15.0. The Morgan fingerprint density at radius 3 is 2.39 bits per heavy atom. The number of nitro benzene ring substituents is 1. The van der Waals surface area contributed by atoms with Crippen LogP contribution in [0.5, 0.6) is 5.75 Å². The number of carbonyl (C=O) groups excluding carboxylic acids is 1. The molecule has 6 nitrogen and oxygen atoms in total. The van der Waals surface area contributed by atoms with E-state index in [4.69, 9.17) is 17.0 Å². The van der Waals surface area contributed by atoms with E-state index in [9.17, 15) is 14.9 Å². The van der Waals surface area contributed by atoms with Gasteiger partial charge in [-0.15, -0.1) is 0 Å². The monoisotopic (exact) mass is 448 g/mol. The Bertz CT molecular complexity index is 1180. The van der Waals surface area contributed by atoms with Crippen LogP contribution in [0.25, 0.3) is 6.08 Å². The molecule has 154 valence electrons. The molecule has 8 heteroatoms. The molecule has 0 aromatic heterocycles. The van der Waals surface area contributed by atoms with E-state index in [-0.39, 0.29) is 18.2 Å². The number of ether oxygens (including phenoxy) is 1. The summed E-state index contributed by atoms with van der Waals surface area (Å²) >= 11 is 6.67. The minimum Gasteiger partial charge on any atom is -0.488 e. The number of carbonyl (C=O) groups is 1. The number of thiocarbonyl (C=S) groups is 1. The van der Waals surface area contributed by atoms with Gasteiger partial charge in [-0.25, -0.2) is 0 Å². The maximum atomic E-state index is 13.0. The van der Waals surface area contributed by atoms with E-state index in [2.05, 4.69) is 0 Å². The molecule has 0 radical (unpaired) electrons. The molecular formula is C23H16N2O4S2. The average molecular weight is 449 g/mol. The van der Waals surface area contributed by atoms with Gasteiger partial charge in [-0.3, -0.25) is 19.8 Å². The predicted molar refractivity (Wildman–Crippen MR) is 126 cm³/mol. The van der Waals surface area contributed by atoms with Gasteiger partial charge in [0.15, 0.2) is 4.32 Å². The predicted octanol–water partition coefficient (Wildman–Crippen LogP) is 5.58. The lowest BCUT2D eigenvalue weighted by Crippen LogP contribution is -2.27. The molecule has 0 atom stereocenters. The van der Waals surface area contributed by atoms with Gasteiger partial charge in [-0.05, 0) is 42.0 Å². The van der Waals surface area contributed by atoms with Crippen LogP contribution in [0, 0.1) is 10.1 Å². The molecule has 0 unspecified atom stereocenters. The van der Waals surface area contributed by atoms with Crippen molar-refractivity contribution in [2.24, 2.45) is 0 Å². The molecule has 0 saturated carbocycles. The van der Waals surface area contributed by atoms with Gasteiger partial charge in [0.2, 0.25) is 0 Å². The second-order valence-electron chi connectivity index (χ2n) is 6.60. The van der Waals surface area contributed by atoms with Crippen molar-refractivity contribution >= 4 is 51.7 Å². The first kappa shape index (κ1) is 20.8. The number of para-hydroxylation sites is 2. The van der Waals surface area contributed by atoms with Crippen LogP contribution in [0.4, 0.5) is 11.4 Å². The Kier molecular flexibility index (Phi) is 6.11.